The molecule has 1 spiro atoms. The average Bonchev–Trinajstić information content (AvgIpc) is 3.64. The van der Waals surface area contributed by atoms with E-state index >= 15 is 0 Å². The molecule has 0 saturated carbocycles. The molecule has 1 heteroatoms. The minimum absolute atomic E-state index is 0.331. The fourth-order valence-electron chi connectivity index (χ4n) is 7.41. The van der Waals surface area contributed by atoms with E-state index in [2.05, 4.69) is 146 Å². The molecular weight excluding hydrogens is 513 g/mol. The predicted molar refractivity (Wildman–Crippen MR) is 174 cm³/mol. The van der Waals surface area contributed by atoms with Crippen molar-refractivity contribution in [1.82, 2.24) is 0 Å². The first-order chi connectivity index (χ1) is 20.2. The molecule has 2 aliphatic rings. The average molecular weight is 539 g/mol. The highest BCUT2D eigenvalue weighted by molar-refractivity contribution is 7.22. The van der Waals surface area contributed by atoms with E-state index in [1.165, 1.54) is 81.7 Å². The van der Waals surface area contributed by atoms with Gasteiger partial charge in [-0.3, -0.25) is 0 Å². The van der Waals surface area contributed by atoms with Crippen molar-refractivity contribution < 1.29 is 0 Å². The topological polar surface area (TPSA) is 0 Å². The van der Waals surface area contributed by atoms with Crippen molar-refractivity contribution in [2.45, 2.75) is 12.3 Å². The van der Waals surface area contributed by atoms with E-state index < -0.39 is 0 Å². The van der Waals surface area contributed by atoms with Crippen LogP contribution < -0.4 is 0 Å². The summed E-state index contributed by atoms with van der Waals surface area (Å²) in [5.74, 6) is 0. The monoisotopic (exact) mass is 538 g/mol. The Morgan fingerprint density at radius 2 is 1.07 bits per heavy atom. The molecule has 6 aromatic carbocycles. The standard InChI is InChI=1S/C40H26S/c1-25-15-21-32-35(23-25)40(38-33-12-6-8-14-37(33)41-39(32)38)34-13-7-5-11-30(34)31-22-20-29(24-36(31)40)28-18-16-27(17-19-28)26-9-3-2-4-10-26/h2-24H,1H3. The molecule has 1 unspecified atom stereocenters. The molecule has 0 aliphatic heterocycles. The predicted octanol–water partition coefficient (Wildman–Crippen LogP) is 10.9. The number of hydrogen-bond acceptors (Lipinski definition) is 1. The lowest BCUT2D eigenvalue weighted by molar-refractivity contribution is 0.802. The molecule has 0 nitrogen and oxygen atoms in total. The van der Waals surface area contributed by atoms with Gasteiger partial charge in [0.05, 0.1) is 5.41 Å². The molecule has 0 radical (unpaired) electrons. The Balaban J connectivity index is 1.33. The molecule has 2 aliphatic carbocycles. The van der Waals surface area contributed by atoms with E-state index in [0.29, 0.717) is 0 Å². The van der Waals surface area contributed by atoms with E-state index in [9.17, 15) is 0 Å². The summed E-state index contributed by atoms with van der Waals surface area (Å²) >= 11 is 1.95. The second-order valence-electron chi connectivity index (χ2n) is 11.4. The van der Waals surface area contributed by atoms with Gasteiger partial charge in [-0.05, 0) is 85.6 Å². The maximum atomic E-state index is 2.49. The van der Waals surface area contributed by atoms with Crippen molar-refractivity contribution in [3.8, 4) is 43.8 Å². The van der Waals surface area contributed by atoms with Gasteiger partial charge in [-0.1, -0.05) is 133 Å². The Labute approximate surface area is 244 Å². The maximum Gasteiger partial charge on any atom is 0.0740 e. The summed E-state index contributed by atoms with van der Waals surface area (Å²) in [5, 5.41) is 1.38. The third-order valence-corrected chi connectivity index (χ3v) is 10.4. The van der Waals surface area contributed by atoms with Gasteiger partial charge in [-0.2, -0.15) is 0 Å². The number of benzene rings is 6. The highest BCUT2D eigenvalue weighted by atomic mass is 32.1. The minimum atomic E-state index is -0.331. The summed E-state index contributed by atoms with van der Waals surface area (Å²) in [6.07, 6.45) is 0. The normalized spacial score (nSPS) is 16.0. The summed E-state index contributed by atoms with van der Waals surface area (Å²) < 4.78 is 1.36. The lowest BCUT2D eigenvalue weighted by Crippen LogP contribution is -2.26. The highest BCUT2D eigenvalue weighted by Gasteiger charge is 2.53. The van der Waals surface area contributed by atoms with Crippen LogP contribution in [0.4, 0.5) is 0 Å². The Morgan fingerprint density at radius 1 is 0.463 bits per heavy atom. The van der Waals surface area contributed by atoms with Gasteiger partial charge in [0.15, 0.2) is 0 Å². The van der Waals surface area contributed by atoms with Crippen LogP contribution in [0.15, 0.2) is 140 Å². The van der Waals surface area contributed by atoms with Crippen molar-refractivity contribution in [2.75, 3.05) is 0 Å². The minimum Gasteiger partial charge on any atom is -0.135 e. The van der Waals surface area contributed by atoms with E-state index in [0.717, 1.165) is 0 Å². The zero-order valence-electron chi connectivity index (χ0n) is 22.7. The Bertz CT molecular complexity index is 2150. The molecular formula is C40H26S. The third-order valence-electron chi connectivity index (χ3n) is 9.16. The Kier molecular flexibility index (Phi) is 4.71. The lowest BCUT2D eigenvalue weighted by Gasteiger charge is -2.31. The van der Waals surface area contributed by atoms with Crippen LogP contribution in [0.2, 0.25) is 0 Å². The Morgan fingerprint density at radius 3 is 1.93 bits per heavy atom. The zero-order chi connectivity index (χ0) is 27.1. The number of thiophene rings is 1. The van der Waals surface area contributed by atoms with Crippen LogP contribution in [0.3, 0.4) is 0 Å². The molecule has 0 saturated heterocycles. The third kappa shape index (κ3) is 3.05. The summed E-state index contributed by atoms with van der Waals surface area (Å²) in [7, 11) is 0. The number of rotatable bonds is 2. The van der Waals surface area contributed by atoms with Crippen LogP contribution in [0.1, 0.15) is 27.8 Å². The quantitative estimate of drug-likeness (QED) is 0.205. The van der Waals surface area contributed by atoms with Crippen molar-refractivity contribution in [3.05, 3.63) is 167 Å². The second-order valence-corrected chi connectivity index (χ2v) is 12.4. The van der Waals surface area contributed by atoms with Crippen molar-refractivity contribution in [3.63, 3.8) is 0 Å². The van der Waals surface area contributed by atoms with Crippen LogP contribution in [-0.4, -0.2) is 0 Å². The van der Waals surface area contributed by atoms with Crippen LogP contribution in [0.5, 0.6) is 0 Å². The largest absolute Gasteiger partial charge is 0.135 e. The maximum absolute atomic E-state index is 2.49. The van der Waals surface area contributed by atoms with E-state index in [1.807, 2.05) is 11.3 Å². The molecule has 192 valence electrons. The first kappa shape index (κ1) is 23.0. The van der Waals surface area contributed by atoms with Crippen molar-refractivity contribution in [2.24, 2.45) is 0 Å². The van der Waals surface area contributed by atoms with Crippen LogP contribution in [0, 0.1) is 6.92 Å². The van der Waals surface area contributed by atoms with Gasteiger partial charge in [-0.15, -0.1) is 11.3 Å². The van der Waals surface area contributed by atoms with Gasteiger partial charge in [0, 0.05) is 9.58 Å². The summed E-state index contributed by atoms with van der Waals surface area (Å²) in [6.45, 7) is 2.23. The van der Waals surface area contributed by atoms with E-state index in [1.54, 1.807) is 0 Å². The second kappa shape index (κ2) is 8.39. The van der Waals surface area contributed by atoms with Gasteiger partial charge in [-0.25, -0.2) is 0 Å². The first-order valence-corrected chi connectivity index (χ1v) is 15.1. The molecule has 0 bridgehead atoms. The first-order valence-electron chi connectivity index (χ1n) is 14.3. The van der Waals surface area contributed by atoms with Gasteiger partial charge < -0.3 is 0 Å². The van der Waals surface area contributed by atoms with Gasteiger partial charge in [0.25, 0.3) is 0 Å². The smallest absolute Gasteiger partial charge is 0.0740 e. The molecule has 7 aromatic rings. The van der Waals surface area contributed by atoms with Crippen molar-refractivity contribution in [1.29, 1.82) is 0 Å². The van der Waals surface area contributed by atoms with Crippen molar-refractivity contribution >= 4 is 21.4 Å². The number of fused-ring (bicyclic) bond motifs is 12. The Hall–Kier alpha value is -4.72. The molecule has 1 atom stereocenters. The fourth-order valence-corrected chi connectivity index (χ4v) is 8.71. The van der Waals surface area contributed by atoms with Crippen LogP contribution in [0.25, 0.3) is 53.9 Å². The van der Waals surface area contributed by atoms with Crippen LogP contribution in [-0.2, 0) is 5.41 Å². The molecule has 0 N–H and O–H groups in total. The van der Waals surface area contributed by atoms with E-state index in [-0.39, 0.29) is 5.41 Å². The highest BCUT2D eigenvalue weighted by Crippen LogP contribution is 2.66. The number of aryl methyl sites for hydroxylation is 1. The summed E-state index contributed by atoms with van der Waals surface area (Å²) in [4.78, 5) is 1.42. The molecule has 41 heavy (non-hydrogen) atoms. The molecule has 1 aromatic heterocycles. The van der Waals surface area contributed by atoms with Gasteiger partial charge in [0.1, 0.15) is 0 Å². The zero-order valence-corrected chi connectivity index (χ0v) is 23.5. The number of hydrogen-bond donors (Lipinski definition) is 0. The molecule has 1 heterocycles. The molecule has 9 rings (SSSR count). The fraction of sp³-hybridized carbons (Fsp3) is 0.0500. The SMILES string of the molecule is Cc1ccc2c(c1)C1(c3ccccc3-c3ccc(-c4ccc(-c5ccccc5)cc4)cc31)c1c-2sc2ccccc12. The van der Waals surface area contributed by atoms with E-state index in [4.69, 9.17) is 0 Å². The van der Waals surface area contributed by atoms with Gasteiger partial charge in [0.2, 0.25) is 0 Å². The van der Waals surface area contributed by atoms with Gasteiger partial charge >= 0.3 is 0 Å². The molecule has 0 amide bonds. The lowest BCUT2D eigenvalue weighted by atomic mass is 9.69. The van der Waals surface area contributed by atoms with Crippen LogP contribution >= 0.6 is 11.3 Å². The molecule has 0 fully saturated rings. The summed E-state index contributed by atoms with van der Waals surface area (Å²) in [5.41, 5.74) is 15.7. The summed E-state index contributed by atoms with van der Waals surface area (Å²) in [6, 6.07) is 52.0.